The Balaban J connectivity index is 2.23. The Bertz CT molecular complexity index is 657. The summed E-state index contributed by atoms with van der Waals surface area (Å²) in [5.41, 5.74) is 8.04. The number of aromatic amines is 1. The molecule has 0 saturated carbocycles. The normalized spacial score (nSPS) is 10.9. The van der Waals surface area contributed by atoms with Gasteiger partial charge in [0.1, 0.15) is 11.5 Å². The second-order valence-electron chi connectivity index (χ2n) is 3.67. The highest BCUT2D eigenvalue weighted by atomic mass is 35.5. The van der Waals surface area contributed by atoms with Crippen molar-refractivity contribution in [1.82, 2.24) is 15.0 Å². The van der Waals surface area contributed by atoms with Crippen molar-refractivity contribution in [1.29, 1.82) is 0 Å². The number of nitrogens with two attached hydrogens (primary N) is 1. The number of imidazole rings is 1. The summed E-state index contributed by atoms with van der Waals surface area (Å²) in [5.74, 6) is 1.05. The quantitative estimate of drug-likeness (QED) is 0.692. The van der Waals surface area contributed by atoms with Gasteiger partial charge in [0.2, 0.25) is 0 Å². The smallest absolute Gasteiger partial charge is 0.158 e. The summed E-state index contributed by atoms with van der Waals surface area (Å²) >= 11 is 6.08. The minimum atomic E-state index is 0.421. The highest BCUT2D eigenvalue weighted by molar-refractivity contribution is 6.33. The van der Waals surface area contributed by atoms with E-state index in [4.69, 9.17) is 17.3 Å². The predicted molar refractivity (Wildman–Crippen MR) is 68.7 cm³/mol. The Morgan fingerprint density at radius 1 is 1.06 bits per heavy atom. The van der Waals surface area contributed by atoms with E-state index in [1.165, 1.54) is 0 Å². The van der Waals surface area contributed by atoms with Gasteiger partial charge in [0, 0.05) is 0 Å². The molecule has 0 unspecified atom stereocenters. The fourth-order valence-corrected chi connectivity index (χ4v) is 1.88. The molecule has 17 heavy (non-hydrogen) atoms. The van der Waals surface area contributed by atoms with E-state index in [0.29, 0.717) is 22.4 Å². The van der Waals surface area contributed by atoms with Crippen LogP contribution in [0.2, 0.25) is 5.02 Å². The number of anilines is 1. The Morgan fingerprint density at radius 2 is 1.88 bits per heavy atom. The van der Waals surface area contributed by atoms with Crippen LogP contribution in [0.4, 0.5) is 5.82 Å². The molecule has 84 valence electrons. The van der Waals surface area contributed by atoms with Crippen LogP contribution in [-0.4, -0.2) is 15.0 Å². The minimum Gasteiger partial charge on any atom is -0.384 e. The van der Waals surface area contributed by atoms with Gasteiger partial charge < -0.3 is 10.7 Å². The van der Waals surface area contributed by atoms with Crippen LogP contribution in [-0.2, 0) is 0 Å². The summed E-state index contributed by atoms with van der Waals surface area (Å²) < 4.78 is 0. The Kier molecular flexibility index (Phi) is 2.23. The SMILES string of the molecule is Nc1ccc(Cl)c(-c2nc3ccccc3[nH]2)n1. The Morgan fingerprint density at radius 3 is 2.71 bits per heavy atom. The second kappa shape index (κ2) is 3.75. The van der Waals surface area contributed by atoms with E-state index in [1.54, 1.807) is 12.1 Å². The van der Waals surface area contributed by atoms with Crippen LogP contribution >= 0.6 is 11.6 Å². The van der Waals surface area contributed by atoms with Crippen LogP contribution in [0.5, 0.6) is 0 Å². The third-order valence-corrected chi connectivity index (χ3v) is 2.79. The lowest BCUT2D eigenvalue weighted by atomic mass is 10.3. The summed E-state index contributed by atoms with van der Waals surface area (Å²) in [6, 6.07) is 11.1. The highest BCUT2D eigenvalue weighted by Crippen LogP contribution is 2.26. The molecule has 4 nitrogen and oxygen atoms in total. The van der Waals surface area contributed by atoms with Crippen LogP contribution in [0.1, 0.15) is 0 Å². The van der Waals surface area contributed by atoms with Crippen LogP contribution in [0.3, 0.4) is 0 Å². The van der Waals surface area contributed by atoms with Crippen molar-refractivity contribution < 1.29 is 0 Å². The number of aromatic nitrogens is 3. The lowest BCUT2D eigenvalue weighted by molar-refractivity contribution is 1.24. The molecule has 0 spiro atoms. The van der Waals surface area contributed by atoms with E-state index in [-0.39, 0.29) is 0 Å². The molecule has 0 aliphatic rings. The second-order valence-corrected chi connectivity index (χ2v) is 4.08. The van der Waals surface area contributed by atoms with Crippen molar-refractivity contribution in [3.63, 3.8) is 0 Å². The fraction of sp³-hybridized carbons (Fsp3) is 0. The molecule has 2 heterocycles. The van der Waals surface area contributed by atoms with Crippen molar-refractivity contribution in [3.8, 4) is 11.5 Å². The number of benzene rings is 1. The zero-order chi connectivity index (χ0) is 11.8. The number of nitrogens with zero attached hydrogens (tertiary/aromatic N) is 2. The predicted octanol–water partition coefficient (Wildman–Crippen LogP) is 2.86. The molecule has 0 aliphatic heterocycles. The first-order valence-electron chi connectivity index (χ1n) is 5.11. The third kappa shape index (κ3) is 1.72. The molecule has 3 aromatic rings. The van der Waals surface area contributed by atoms with Gasteiger partial charge in [-0.25, -0.2) is 9.97 Å². The zero-order valence-electron chi connectivity index (χ0n) is 8.81. The Hall–Kier alpha value is -2.07. The largest absolute Gasteiger partial charge is 0.384 e. The summed E-state index contributed by atoms with van der Waals surface area (Å²) in [5, 5.41) is 0.526. The van der Waals surface area contributed by atoms with Crippen molar-refractivity contribution in [3.05, 3.63) is 41.4 Å². The number of rotatable bonds is 1. The molecule has 0 amide bonds. The molecule has 2 aromatic heterocycles. The van der Waals surface area contributed by atoms with Gasteiger partial charge in [-0.05, 0) is 24.3 Å². The number of para-hydroxylation sites is 2. The average Bonchev–Trinajstić information content (AvgIpc) is 2.75. The maximum Gasteiger partial charge on any atom is 0.158 e. The van der Waals surface area contributed by atoms with Gasteiger partial charge in [0.05, 0.1) is 16.1 Å². The summed E-state index contributed by atoms with van der Waals surface area (Å²) in [6.45, 7) is 0. The van der Waals surface area contributed by atoms with Gasteiger partial charge in [0.15, 0.2) is 5.82 Å². The zero-order valence-corrected chi connectivity index (χ0v) is 9.57. The Labute approximate surface area is 102 Å². The molecule has 0 atom stereocenters. The first-order valence-corrected chi connectivity index (χ1v) is 5.49. The first-order chi connectivity index (χ1) is 8.24. The van der Waals surface area contributed by atoms with E-state index >= 15 is 0 Å². The topological polar surface area (TPSA) is 67.6 Å². The van der Waals surface area contributed by atoms with E-state index in [2.05, 4.69) is 15.0 Å². The fourth-order valence-electron chi connectivity index (χ4n) is 1.69. The van der Waals surface area contributed by atoms with Gasteiger partial charge in [-0.15, -0.1) is 0 Å². The van der Waals surface area contributed by atoms with Crippen LogP contribution < -0.4 is 5.73 Å². The highest BCUT2D eigenvalue weighted by Gasteiger charge is 2.10. The third-order valence-electron chi connectivity index (χ3n) is 2.48. The van der Waals surface area contributed by atoms with Crippen molar-refractivity contribution in [2.75, 3.05) is 5.73 Å². The van der Waals surface area contributed by atoms with Crippen LogP contribution in [0.25, 0.3) is 22.6 Å². The number of hydrogen-bond donors (Lipinski definition) is 2. The molecule has 3 rings (SSSR count). The van der Waals surface area contributed by atoms with E-state index in [9.17, 15) is 0 Å². The summed E-state index contributed by atoms with van der Waals surface area (Å²) in [4.78, 5) is 11.8. The molecular weight excluding hydrogens is 236 g/mol. The maximum absolute atomic E-state index is 6.08. The molecule has 5 heteroatoms. The number of pyridine rings is 1. The van der Waals surface area contributed by atoms with Gasteiger partial charge in [0.25, 0.3) is 0 Å². The molecule has 1 aromatic carbocycles. The molecule has 0 saturated heterocycles. The molecule has 0 fully saturated rings. The van der Waals surface area contributed by atoms with Gasteiger partial charge in [-0.2, -0.15) is 0 Å². The molecule has 0 aliphatic carbocycles. The number of fused-ring (bicyclic) bond motifs is 1. The lowest BCUT2D eigenvalue weighted by Gasteiger charge is -2.00. The number of nitrogens with one attached hydrogen (secondary N) is 1. The number of nitrogen functional groups attached to an aromatic ring is 1. The van der Waals surface area contributed by atoms with Crippen molar-refractivity contribution in [2.24, 2.45) is 0 Å². The molecule has 0 radical (unpaired) electrons. The number of H-pyrrole nitrogens is 1. The molecular formula is C12H9ClN4. The monoisotopic (exact) mass is 244 g/mol. The van der Waals surface area contributed by atoms with Crippen molar-refractivity contribution >= 4 is 28.5 Å². The standard InChI is InChI=1S/C12H9ClN4/c13-7-5-6-10(14)17-11(7)12-15-8-3-1-2-4-9(8)16-12/h1-6H,(H2,14,17)(H,15,16). The van der Waals surface area contributed by atoms with Gasteiger partial charge >= 0.3 is 0 Å². The lowest BCUT2D eigenvalue weighted by Crippen LogP contribution is -1.93. The number of halogens is 1. The number of hydrogen-bond acceptors (Lipinski definition) is 3. The molecule has 3 N–H and O–H groups in total. The molecule has 0 bridgehead atoms. The summed E-state index contributed by atoms with van der Waals surface area (Å²) in [6.07, 6.45) is 0. The van der Waals surface area contributed by atoms with Gasteiger partial charge in [-0.1, -0.05) is 23.7 Å². The van der Waals surface area contributed by atoms with E-state index in [1.807, 2.05) is 24.3 Å². The minimum absolute atomic E-state index is 0.421. The van der Waals surface area contributed by atoms with E-state index < -0.39 is 0 Å². The van der Waals surface area contributed by atoms with Gasteiger partial charge in [-0.3, -0.25) is 0 Å². The average molecular weight is 245 g/mol. The first kappa shape index (κ1) is 10.1. The maximum atomic E-state index is 6.08. The summed E-state index contributed by atoms with van der Waals surface area (Å²) in [7, 11) is 0. The van der Waals surface area contributed by atoms with E-state index in [0.717, 1.165) is 11.0 Å². The van der Waals surface area contributed by atoms with Crippen LogP contribution in [0.15, 0.2) is 36.4 Å². The van der Waals surface area contributed by atoms with Crippen molar-refractivity contribution in [2.45, 2.75) is 0 Å². The van der Waals surface area contributed by atoms with Crippen LogP contribution in [0, 0.1) is 0 Å².